The summed E-state index contributed by atoms with van der Waals surface area (Å²) in [7, 11) is 1.10. The van der Waals surface area contributed by atoms with Crippen LogP contribution < -0.4 is 5.32 Å². The Kier molecular flexibility index (Phi) is 6.16. The van der Waals surface area contributed by atoms with Crippen LogP contribution in [0.15, 0.2) is 24.3 Å². The first-order valence-electron chi connectivity index (χ1n) is 6.37. The summed E-state index contributed by atoms with van der Waals surface area (Å²) < 4.78 is 41.8. The van der Waals surface area contributed by atoms with Crippen LogP contribution in [0, 0.1) is 12.3 Å². The van der Waals surface area contributed by atoms with Gasteiger partial charge in [0, 0.05) is 6.42 Å². The Balaban J connectivity index is 2.83. The van der Waals surface area contributed by atoms with E-state index in [-0.39, 0.29) is 12.0 Å². The predicted octanol–water partition coefficient (Wildman–Crippen LogP) is 1.42. The van der Waals surface area contributed by atoms with Gasteiger partial charge in [-0.3, -0.25) is 4.79 Å². The smallest absolute Gasteiger partial charge is 0.416 e. The molecule has 1 amide bonds. The molecule has 1 aromatic carbocycles. The van der Waals surface area contributed by atoms with Gasteiger partial charge in [-0.1, -0.05) is 12.1 Å². The SMILES string of the molecule is C#CC[C@H](NC(=O)[C@H](O)c1ccc(C(F)(F)F)cc1)C(=O)OC. The molecule has 5 nitrogen and oxygen atoms in total. The zero-order valence-electron chi connectivity index (χ0n) is 12.1. The average Bonchev–Trinajstić information content (AvgIpc) is 2.52. The second kappa shape index (κ2) is 7.65. The number of halogens is 3. The lowest BCUT2D eigenvalue weighted by Crippen LogP contribution is -2.43. The molecule has 0 aliphatic heterocycles. The van der Waals surface area contributed by atoms with E-state index in [9.17, 15) is 27.9 Å². The molecular weight excluding hydrogens is 315 g/mol. The van der Waals surface area contributed by atoms with E-state index in [2.05, 4.69) is 16.0 Å². The third-order valence-corrected chi connectivity index (χ3v) is 2.93. The number of aliphatic hydroxyl groups is 1. The molecule has 0 unspecified atom stereocenters. The van der Waals surface area contributed by atoms with Crippen LogP contribution in [-0.2, 0) is 20.5 Å². The molecule has 1 aromatic rings. The molecule has 0 heterocycles. The number of hydrogen-bond acceptors (Lipinski definition) is 4. The van der Waals surface area contributed by atoms with Gasteiger partial charge in [0.2, 0.25) is 0 Å². The number of rotatable bonds is 5. The number of esters is 1. The van der Waals surface area contributed by atoms with E-state index in [1.807, 2.05) is 0 Å². The maximum absolute atomic E-state index is 12.5. The molecule has 124 valence electrons. The standard InChI is InChI=1S/C15H14F3NO4/c1-3-4-11(14(22)23-2)19-13(21)12(20)9-5-7-10(8-6-9)15(16,17)18/h1,5-8,11-12,20H,4H2,2H3,(H,19,21)/t11-,12+/m0/s1. The zero-order valence-corrected chi connectivity index (χ0v) is 12.1. The van der Waals surface area contributed by atoms with Gasteiger partial charge >= 0.3 is 12.1 Å². The van der Waals surface area contributed by atoms with E-state index in [0.29, 0.717) is 0 Å². The third kappa shape index (κ3) is 5.00. The van der Waals surface area contributed by atoms with Gasteiger partial charge < -0.3 is 15.2 Å². The Bertz CT molecular complexity index is 605. The van der Waals surface area contributed by atoms with Crippen molar-refractivity contribution >= 4 is 11.9 Å². The van der Waals surface area contributed by atoms with Crippen LogP contribution >= 0.6 is 0 Å². The van der Waals surface area contributed by atoms with Crippen molar-refractivity contribution in [2.75, 3.05) is 7.11 Å². The number of nitrogens with one attached hydrogen (secondary N) is 1. The highest BCUT2D eigenvalue weighted by molar-refractivity contribution is 5.87. The molecule has 2 atom stereocenters. The molecule has 0 bridgehead atoms. The van der Waals surface area contributed by atoms with Crippen molar-refractivity contribution in [1.82, 2.24) is 5.32 Å². The lowest BCUT2D eigenvalue weighted by Gasteiger charge is -2.17. The fourth-order valence-electron chi connectivity index (χ4n) is 1.71. The molecule has 0 radical (unpaired) electrons. The Hall–Kier alpha value is -2.53. The molecule has 2 N–H and O–H groups in total. The van der Waals surface area contributed by atoms with Gasteiger partial charge in [-0.15, -0.1) is 12.3 Å². The molecule has 0 spiro atoms. The number of carbonyl (C=O) groups is 2. The molecule has 1 rings (SSSR count). The van der Waals surface area contributed by atoms with E-state index in [1.54, 1.807) is 0 Å². The first-order chi connectivity index (χ1) is 10.7. The van der Waals surface area contributed by atoms with Crippen molar-refractivity contribution in [1.29, 1.82) is 0 Å². The number of ether oxygens (including phenoxy) is 1. The van der Waals surface area contributed by atoms with Crippen molar-refractivity contribution in [2.45, 2.75) is 24.7 Å². The summed E-state index contributed by atoms with van der Waals surface area (Å²) in [5.41, 5.74) is -0.964. The second-order valence-electron chi connectivity index (χ2n) is 4.51. The minimum atomic E-state index is -4.52. The summed E-state index contributed by atoms with van der Waals surface area (Å²) in [5.74, 6) is 0.397. The highest BCUT2D eigenvalue weighted by Crippen LogP contribution is 2.29. The molecule has 0 fully saturated rings. The number of hydrogen-bond donors (Lipinski definition) is 2. The Morgan fingerprint density at radius 3 is 2.35 bits per heavy atom. The highest BCUT2D eigenvalue weighted by Gasteiger charge is 2.31. The third-order valence-electron chi connectivity index (χ3n) is 2.93. The number of aliphatic hydroxyl groups excluding tert-OH is 1. The molecule has 0 saturated carbocycles. The monoisotopic (exact) mass is 329 g/mol. The van der Waals surface area contributed by atoms with Gasteiger partial charge in [-0.25, -0.2) is 4.79 Å². The van der Waals surface area contributed by atoms with Gasteiger partial charge in [0.25, 0.3) is 5.91 Å². The number of terminal acetylenes is 1. The van der Waals surface area contributed by atoms with Gasteiger partial charge in [-0.05, 0) is 17.7 Å². The Labute approximate surface area is 130 Å². The van der Waals surface area contributed by atoms with E-state index in [4.69, 9.17) is 6.42 Å². The number of carbonyl (C=O) groups excluding carboxylic acids is 2. The zero-order chi connectivity index (χ0) is 17.6. The van der Waals surface area contributed by atoms with Crippen LogP contribution in [0.25, 0.3) is 0 Å². The van der Waals surface area contributed by atoms with E-state index >= 15 is 0 Å². The quantitative estimate of drug-likeness (QED) is 0.633. The van der Waals surface area contributed by atoms with Crippen molar-refractivity contribution in [3.8, 4) is 12.3 Å². The van der Waals surface area contributed by atoms with Crippen LogP contribution in [0.4, 0.5) is 13.2 Å². The summed E-state index contributed by atoms with van der Waals surface area (Å²) in [6, 6.07) is 2.28. The Morgan fingerprint density at radius 2 is 1.91 bits per heavy atom. The lowest BCUT2D eigenvalue weighted by atomic mass is 10.1. The largest absolute Gasteiger partial charge is 0.467 e. The number of alkyl halides is 3. The molecule has 0 aliphatic rings. The summed E-state index contributed by atoms with van der Waals surface area (Å²) in [6.45, 7) is 0. The van der Waals surface area contributed by atoms with Crippen molar-refractivity contribution < 1.29 is 32.6 Å². The van der Waals surface area contributed by atoms with Gasteiger partial charge in [0.15, 0.2) is 6.10 Å². The second-order valence-corrected chi connectivity index (χ2v) is 4.51. The topological polar surface area (TPSA) is 75.6 Å². The Morgan fingerprint density at radius 1 is 1.35 bits per heavy atom. The first kappa shape index (κ1) is 18.5. The van der Waals surface area contributed by atoms with E-state index < -0.39 is 35.8 Å². The molecule has 0 aliphatic carbocycles. The summed E-state index contributed by atoms with van der Waals surface area (Å²) in [6.07, 6.45) is -1.36. The number of methoxy groups -OCH3 is 1. The average molecular weight is 329 g/mol. The highest BCUT2D eigenvalue weighted by atomic mass is 19.4. The minimum Gasteiger partial charge on any atom is -0.467 e. The minimum absolute atomic E-state index is 0.0557. The molecule has 0 aromatic heterocycles. The van der Waals surface area contributed by atoms with Crippen molar-refractivity contribution in [3.63, 3.8) is 0 Å². The fourth-order valence-corrected chi connectivity index (χ4v) is 1.71. The predicted molar refractivity (Wildman–Crippen MR) is 73.8 cm³/mol. The van der Waals surface area contributed by atoms with Crippen LogP contribution in [0.1, 0.15) is 23.7 Å². The summed E-state index contributed by atoms with van der Waals surface area (Å²) in [4.78, 5) is 23.3. The van der Waals surface area contributed by atoms with Crippen LogP contribution in [-0.4, -0.2) is 30.1 Å². The first-order valence-corrected chi connectivity index (χ1v) is 6.37. The fraction of sp³-hybridized carbons (Fsp3) is 0.333. The molecular formula is C15H14F3NO4. The molecule has 0 saturated heterocycles. The molecule has 23 heavy (non-hydrogen) atoms. The van der Waals surface area contributed by atoms with Crippen molar-refractivity contribution in [2.24, 2.45) is 0 Å². The van der Waals surface area contributed by atoms with Gasteiger partial charge in [-0.2, -0.15) is 13.2 Å². The molecule has 8 heteroatoms. The maximum Gasteiger partial charge on any atom is 0.416 e. The summed E-state index contributed by atoms with van der Waals surface area (Å²) >= 11 is 0. The number of benzene rings is 1. The maximum atomic E-state index is 12.5. The van der Waals surface area contributed by atoms with Gasteiger partial charge in [0.1, 0.15) is 6.04 Å². The summed E-state index contributed by atoms with van der Waals surface area (Å²) in [5, 5.41) is 12.0. The normalized spacial score (nSPS) is 13.6. The lowest BCUT2D eigenvalue weighted by molar-refractivity contribution is -0.146. The van der Waals surface area contributed by atoms with Crippen molar-refractivity contribution in [3.05, 3.63) is 35.4 Å². The number of amides is 1. The van der Waals surface area contributed by atoms with E-state index in [0.717, 1.165) is 31.4 Å². The van der Waals surface area contributed by atoms with Crippen LogP contribution in [0.5, 0.6) is 0 Å². The van der Waals surface area contributed by atoms with Crippen LogP contribution in [0.2, 0.25) is 0 Å². The van der Waals surface area contributed by atoms with E-state index in [1.165, 1.54) is 0 Å². The van der Waals surface area contributed by atoms with Crippen LogP contribution in [0.3, 0.4) is 0 Å². The van der Waals surface area contributed by atoms with Gasteiger partial charge in [0.05, 0.1) is 12.7 Å².